The summed E-state index contributed by atoms with van der Waals surface area (Å²) in [7, 11) is 5.61. The molecule has 6 nitrogen and oxygen atoms in total. The lowest BCUT2D eigenvalue weighted by Crippen LogP contribution is -2.49. The standard InChI is InChI=1S/C15H32N4O2/c1-15(16,14(20)21-4)6-5-7-18-10-12-19(13-11-18)9-8-17(2)3/h5-13,16H2,1-4H3. The van der Waals surface area contributed by atoms with Crippen molar-refractivity contribution in [3.05, 3.63) is 0 Å². The number of esters is 1. The van der Waals surface area contributed by atoms with Crippen LogP contribution in [0.3, 0.4) is 0 Å². The van der Waals surface area contributed by atoms with Gasteiger partial charge in [0, 0.05) is 39.3 Å². The Morgan fingerprint density at radius 3 is 2.19 bits per heavy atom. The van der Waals surface area contributed by atoms with Crippen molar-refractivity contribution in [3.63, 3.8) is 0 Å². The van der Waals surface area contributed by atoms with Gasteiger partial charge in [0.1, 0.15) is 5.54 Å². The minimum absolute atomic E-state index is 0.323. The Kier molecular flexibility index (Phi) is 7.59. The molecule has 0 amide bonds. The van der Waals surface area contributed by atoms with Gasteiger partial charge in [-0.05, 0) is 40.4 Å². The Labute approximate surface area is 129 Å². The maximum Gasteiger partial charge on any atom is 0.325 e. The summed E-state index contributed by atoms with van der Waals surface area (Å²) in [5, 5.41) is 0. The monoisotopic (exact) mass is 300 g/mol. The molecule has 124 valence electrons. The number of hydrogen-bond acceptors (Lipinski definition) is 6. The van der Waals surface area contributed by atoms with Crippen LogP contribution >= 0.6 is 0 Å². The fraction of sp³-hybridized carbons (Fsp3) is 0.933. The number of ether oxygens (including phenoxy) is 1. The van der Waals surface area contributed by atoms with E-state index in [4.69, 9.17) is 10.5 Å². The van der Waals surface area contributed by atoms with Crippen LogP contribution in [0.25, 0.3) is 0 Å². The topological polar surface area (TPSA) is 62.0 Å². The summed E-state index contributed by atoms with van der Waals surface area (Å²) >= 11 is 0. The number of nitrogens with zero attached hydrogens (tertiary/aromatic N) is 3. The number of rotatable bonds is 8. The van der Waals surface area contributed by atoms with Crippen molar-refractivity contribution in [2.45, 2.75) is 25.3 Å². The molecule has 0 radical (unpaired) electrons. The van der Waals surface area contributed by atoms with Crippen molar-refractivity contribution < 1.29 is 9.53 Å². The van der Waals surface area contributed by atoms with Gasteiger partial charge in [-0.2, -0.15) is 0 Å². The van der Waals surface area contributed by atoms with Crippen LogP contribution in [-0.2, 0) is 9.53 Å². The van der Waals surface area contributed by atoms with E-state index in [1.54, 1.807) is 6.92 Å². The molecule has 1 fully saturated rings. The Morgan fingerprint density at radius 1 is 1.19 bits per heavy atom. The first-order chi connectivity index (χ1) is 9.85. The molecule has 0 aromatic heterocycles. The molecule has 1 aliphatic rings. The van der Waals surface area contributed by atoms with Crippen molar-refractivity contribution in [1.29, 1.82) is 0 Å². The van der Waals surface area contributed by atoms with Crippen molar-refractivity contribution in [3.8, 4) is 0 Å². The molecule has 0 saturated carbocycles. The SMILES string of the molecule is COC(=O)C(C)(N)CCCN1CCN(CCN(C)C)CC1. The van der Waals surface area contributed by atoms with Crippen molar-refractivity contribution in [2.24, 2.45) is 5.73 Å². The van der Waals surface area contributed by atoms with Gasteiger partial charge >= 0.3 is 5.97 Å². The molecule has 1 rings (SSSR count). The number of nitrogens with two attached hydrogens (primary N) is 1. The van der Waals surface area contributed by atoms with Gasteiger partial charge in [0.2, 0.25) is 0 Å². The summed E-state index contributed by atoms with van der Waals surface area (Å²) < 4.78 is 4.73. The third-order valence-electron chi connectivity index (χ3n) is 4.15. The van der Waals surface area contributed by atoms with Gasteiger partial charge in [0.05, 0.1) is 7.11 Å². The van der Waals surface area contributed by atoms with Gasteiger partial charge in [0.25, 0.3) is 0 Å². The van der Waals surface area contributed by atoms with E-state index in [0.717, 1.165) is 52.2 Å². The number of methoxy groups -OCH3 is 1. The van der Waals surface area contributed by atoms with E-state index in [-0.39, 0.29) is 5.97 Å². The van der Waals surface area contributed by atoms with Crippen LogP contribution in [-0.4, -0.2) is 93.2 Å². The van der Waals surface area contributed by atoms with Crippen LogP contribution < -0.4 is 5.73 Å². The number of piperazine rings is 1. The van der Waals surface area contributed by atoms with E-state index in [2.05, 4.69) is 28.8 Å². The van der Waals surface area contributed by atoms with E-state index in [0.29, 0.717) is 6.42 Å². The highest BCUT2D eigenvalue weighted by Gasteiger charge is 2.29. The second kappa shape index (κ2) is 8.68. The minimum Gasteiger partial charge on any atom is -0.468 e. The molecular weight excluding hydrogens is 268 g/mol. The zero-order chi connectivity index (χ0) is 15.9. The predicted molar refractivity (Wildman–Crippen MR) is 85.3 cm³/mol. The Hall–Kier alpha value is -0.690. The molecule has 0 aromatic carbocycles. The highest BCUT2D eigenvalue weighted by molar-refractivity contribution is 5.79. The number of carbonyl (C=O) groups excluding carboxylic acids is 1. The van der Waals surface area contributed by atoms with Crippen LogP contribution in [0, 0.1) is 0 Å². The second-order valence-corrected chi connectivity index (χ2v) is 6.50. The molecule has 1 heterocycles. The van der Waals surface area contributed by atoms with E-state index in [1.807, 2.05) is 0 Å². The molecule has 2 N–H and O–H groups in total. The normalized spacial score (nSPS) is 20.5. The van der Waals surface area contributed by atoms with Crippen molar-refractivity contribution in [2.75, 3.05) is 67.0 Å². The molecule has 1 atom stereocenters. The molecule has 0 aromatic rings. The first-order valence-corrected chi connectivity index (χ1v) is 7.82. The molecule has 6 heteroatoms. The minimum atomic E-state index is -0.859. The van der Waals surface area contributed by atoms with Crippen LogP contribution in [0.15, 0.2) is 0 Å². The van der Waals surface area contributed by atoms with Crippen LogP contribution in [0.1, 0.15) is 19.8 Å². The fourth-order valence-electron chi connectivity index (χ4n) is 2.58. The smallest absolute Gasteiger partial charge is 0.325 e. The average molecular weight is 300 g/mol. The van der Waals surface area contributed by atoms with Crippen molar-refractivity contribution >= 4 is 5.97 Å². The van der Waals surface area contributed by atoms with Crippen LogP contribution in [0.4, 0.5) is 0 Å². The van der Waals surface area contributed by atoms with E-state index in [1.165, 1.54) is 7.11 Å². The van der Waals surface area contributed by atoms with Gasteiger partial charge in [-0.15, -0.1) is 0 Å². The summed E-state index contributed by atoms with van der Waals surface area (Å²) in [6.45, 7) is 9.48. The van der Waals surface area contributed by atoms with Gasteiger partial charge in [0.15, 0.2) is 0 Å². The fourth-order valence-corrected chi connectivity index (χ4v) is 2.58. The quantitative estimate of drug-likeness (QED) is 0.628. The Bertz CT molecular complexity index is 313. The highest BCUT2D eigenvalue weighted by atomic mass is 16.5. The molecule has 0 aliphatic carbocycles. The number of likely N-dealkylation sites (N-methyl/N-ethyl adjacent to an activating group) is 1. The highest BCUT2D eigenvalue weighted by Crippen LogP contribution is 2.12. The van der Waals surface area contributed by atoms with E-state index < -0.39 is 5.54 Å². The number of carbonyl (C=O) groups is 1. The lowest BCUT2D eigenvalue weighted by atomic mass is 9.97. The first kappa shape index (κ1) is 18.4. The number of hydrogen-bond donors (Lipinski definition) is 1. The average Bonchev–Trinajstić information content (AvgIpc) is 2.45. The Balaban J connectivity index is 2.17. The first-order valence-electron chi connectivity index (χ1n) is 7.82. The largest absolute Gasteiger partial charge is 0.468 e. The van der Waals surface area contributed by atoms with Gasteiger partial charge in [-0.1, -0.05) is 0 Å². The maximum absolute atomic E-state index is 11.5. The van der Waals surface area contributed by atoms with Gasteiger partial charge in [-0.3, -0.25) is 9.69 Å². The summed E-state index contributed by atoms with van der Waals surface area (Å²) in [6, 6.07) is 0. The summed E-state index contributed by atoms with van der Waals surface area (Å²) in [5.74, 6) is -0.323. The maximum atomic E-state index is 11.5. The molecule has 1 saturated heterocycles. The van der Waals surface area contributed by atoms with E-state index >= 15 is 0 Å². The molecule has 0 bridgehead atoms. The lowest BCUT2D eigenvalue weighted by Gasteiger charge is -2.35. The van der Waals surface area contributed by atoms with E-state index in [9.17, 15) is 4.79 Å². The summed E-state index contributed by atoms with van der Waals surface area (Å²) in [6.07, 6.45) is 1.60. The third kappa shape index (κ3) is 6.74. The summed E-state index contributed by atoms with van der Waals surface area (Å²) in [5.41, 5.74) is 5.11. The zero-order valence-corrected chi connectivity index (χ0v) is 14.1. The van der Waals surface area contributed by atoms with Crippen LogP contribution in [0.5, 0.6) is 0 Å². The second-order valence-electron chi connectivity index (χ2n) is 6.50. The van der Waals surface area contributed by atoms with Crippen molar-refractivity contribution in [1.82, 2.24) is 14.7 Å². The van der Waals surface area contributed by atoms with Gasteiger partial charge in [-0.25, -0.2) is 0 Å². The molecule has 1 unspecified atom stereocenters. The summed E-state index contributed by atoms with van der Waals surface area (Å²) in [4.78, 5) is 18.7. The molecule has 21 heavy (non-hydrogen) atoms. The predicted octanol–water partition coefficient (Wildman–Crippen LogP) is -0.164. The van der Waals surface area contributed by atoms with Crippen LogP contribution in [0.2, 0.25) is 0 Å². The Morgan fingerprint density at radius 2 is 1.71 bits per heavy atom. The zero-order valence-electron chi connectivity index (χ0n) is 14.1. The van der Waals surface area contributed by atoms with Gasteiger partial charge < -0.3 is 20.3 Å². The molecule has 1 aliphatic heterocycles. The molecular formula is C15H32N4O2. The molecule has 0 spiro atoms. The third-order valence-corrected chi connectivity index (χ3v) is 4.15. The lowest BCUT2D eigenvalue weighted by molar-refractivity contribution is -0.146.